The number of phenolic OH excluding ortho intramolecular Hbond substituents is 1. The lowest BCUT2D eigenvalue weighted by atomic mass is 10.1. The van der Waals surface area contributed by atoms with Gasteiger partial charge >= 0.3 is 0 Å². The van der Waals surface area contributed by atoms with Crippen molar-refractivity contribution < 1.29 is 19.4 Å². The van der Waals surface area contributed by atoms with E-state index < -0.39 is 5.91 Å². The molecule has 0 fully saturated rings. The van der Waals surface area contributed by atoms with Crippen LogP contribution in [0.3, 0.4) is 0 Å². The molecule has 1 heterocycles. The number of carbonyl (C=O) groups excluding carboxylic acids is 2. The summed E-state index contributed by atoms with van der Waals surface area (Å²) in [5, 5.41) is 13.5. The van der Waals surface area contributed by atoms with Gasteiger partial charge in [0.15, 0.2) is 6.61 Å². The van der Waals surface area contributed by atoms with E-state index in [1.165, 1.54) is 4.90 Å². The zero-order valence-electron chi connectivity index (χ0n) is 14.3. The van der Waals surface area contributed by atoms with Crippen molar-refractivity contribution >= 4 is 23.2 Å². The van der Waals surface area contributed by atoms with Gasteiger partial charge < -0.3 is 9.84 Å². The van der Waals surface area contributed by atoms with Crippen LogP contribution in [0.5, 0.6) is 11.5 Å². The zero-order valence-corrected chi connectivity index (χ0v) is 14.3. The molecule has 0 aromatic heterocycles. The van der Waals surface area contributed by atoms with Crippen molar-refractivity contribution in [1.29, 1.82) is 0 Å². The first-order valence-corrected chi connectivity index (χ1v) is 8.25. The summed E-state index contributed by atoms with van der Waals surface area (Å²) in [6.07, 6.45) is 0.602. The minimum atomic E-state index is -0.403. The minimum absolute atomic E-state index is 0.0960. The van der Waals surface area contributed by atoms with Crippen molar-refractivity contribution in [1.82, 2.24) is 5.43 Å². The molecule has 1 aliphatic rings. The second-order valence-electron chi connectivity index (χ2n) is 5.73. The van der Waals surface area contributed by atoms with Gasteiger partial charge in [0.25, 0.3) is 11.8 Å². The van der Waals surface area contributed by atoms with Crippen molar-refractivity contribution in [2.45, 2.75) is 13.3 Å². The molecule has 2 amide bonds. The van der Waals surface area contributed by atoms with Gasteiger partial charge in [-0.3, -0.25) is 14.5 Å². The number of amides is 2. The number of anilines is 1. The van der Waals surface area contributed by atoms with Crippen LogP contribution in [0.25, 0.3) is 0 Å². The predicted octanol–water partition coefficient (Wildman–Crippen LogP) is 2.05. The number of hydrogen-bond acceptors (Lipinski definition) is 5. The number of phenols is 1. The third-order valence-electron chi connectivity index (χ3n) is 3.96. The van der Waals surface area contributed by atoms with Gasteiger partial charge in [-0.15, -0.1) is 0 Å². The molecular formula is C19H19N3O4. The van der Waals surface area contributed by atoms with E-state index in [0.29, 0.717) is 23.6 Å². The number of hydrogen-bond donors (Lipinski definition) is 2. The van der Waals surface area contributed by atoms with Gasteiger partial charge in [0, 0.05) is 0 Å². The Hall–Kier alpha value is -3.35. The van der Waals surface area contributed by atoms with E-state index in [2.05, 4.69) is 10.5 Å². The maximum absolute atomic E-state index is 12.3. The number of carbonyl (C=O) groups is 2. The lowest BCUT2D eigenvalue weighted by molar-refractivity contribution is -0.125. The average molecular weight is 353 g/mol. The Morgan fingerprint density at radius 2 is 1.96 bits per heavy atom. The number of benzene rings is 2. The Labute approximate surface area is 150 Å². The first-order valence-electron chi connectivity index (χ1n) is 8.25. The summed E-state index contributed by atoms with van der Waals surface area (Å²) < 4.78 is 5.36. The van der Waals surface area contributed by atoms with Crippen LogP contribution in [0, 0.1) is 0 Å². The van der Waals surface area contributed by atoms with Crippen LogP contribution in [0.15, 0.2) is 53.6 Å². The highest BCUT2D eigenvalue weighted by Gasteiger charge is 2.26. The highest BCUT2D eigenvalue weighted by atomic mass is 16.5. The van der Waals surface area contributed by atoms with Crippen molar-refractivity contribution in [3.63, 3.8) is 0 Å². The standard InChI is InChI=1S/C19H19N3O4/c1-2-15(13-7-9-14(23)10-8-13)20-21-18(24)11-22-16-5-3-4-6-17(16)26-12-19(22)25/h3-10,23H,2,11-12H2,1H3,(H,21,24)/b20-15+. The Bertz CT molecular complexity index is 846. The first-order chi connectivity index (χ1) is 12.6. The van der Waals surface area contributed by atoms with Crippen LogP contribution in [0.2, 0.25) is 0 Å². The number of rotatable bonds is 5. The van der Waals surface area contributed by atoms with Gasteiger partial charge in [-0.1, -0.05) is 19.1 Å². The first kappa shape index (κ1) is 17.5. The number of nitrogens with one attached hydrogen (secondary N) is 1. The minimum Gasteiger partial charge on any atom is -0.508 e. The van der Waals surface area contributed by atoms with E-state index in [1.807, 2.05) is 13.0 Å². The van der Waals surface area contributed by atoms with Crippen LogP contribution >= 0.6 is 0 Å². The molecule has 0 bridgehead atoms. The molecule has 2 N–H and O–H groups in total. The number of para-hydroxylation sites is 2. The fourth-order valence-electron chi connectivity index (χ4n) is 2.64. The molecule has 1 aliphatic heterocycles. The van der Waals surface area contributed by atoms with Crippen LogP contribution in [0.4, 0.5) is 5.69 Å². The monoisotopic (exact) mass is 353 g/mol. The van der Waals surface area contributed by atoms with Crippen molar-refractivity contribution in [2.75, 3.05) is 18.1 Å². The van der Waals surface area contributed by atoms with Gasteiger partial charge in [-0.25, -0.2) is 5.43 Å². The summed E-state index contributed by atoms with van der Waals surface area (Å²) in [5.41, 5.74) is 4.54. The van der Waals surface area contributed by atoms with Crippen molar-refractivity contribution in [3.05, 3.63) is 54.1 Å². The Morgan fingerprint density at radius 1 is 1.23 bits per heavy atom. The van der Waals surface area contributed by atoms with E-state index in [0.717, 1.165) is 5.56 Å². The summed E-state index contributed by atoms with van der Waals surface area (Å²) in [4.78, 5) is 25.8. The molecule has 0 saturated carbocycles. The normalized spacial score (nSPS) is 13.8. The lowest BCUT2D eigenvalue weighted by Crippen LogP contribution is -2.44. The summed E-state index contributed by atoms with van der Waals surface area (Å²) in [7, 11) is 0. The van der Waals surface area contributed by atoms with Crippen molar-refractivity contribution in [2.24, 2.45) is 5.10 Å². The lowest BCUT2D eigenvalue weighted by Gasteiger charge is -2.28. The number of hydrazone groups is 1. The Kier molecular flexibility index (Phi) is 5.17. The molecule has 0 spiro atoms. The maximum Gasteiger partial charge on any atom is 0.265 e. The third-order valence-corrected chi connectivity index (χ3v) is 3.96. The molecule has 26 heavy (non-hydrogen) atoms. The summed E-state index contributed by atoms with van der Waals surface area (Å²) in [5.74, 6) is 0.0522. The van der Waals surface area contributed by atoms with E-state index in [-0.39, 0.29) is 24.8 Å². The maximum atomic E-state index is 12.3. The van der Waals surface area contributed by atoms with E-state index in [4.69, 9.17) is 4.74 Å². The average Bonchev–Trinajstić information content (AvgIpc) is 2.66. The van der Waals surface area contributed by atoms with Gasteiger partial charge in [0.05, 0.1) is 11.4 Å². The van der Waals surface area contributed by atoms with Crippen molar-refractivity contribution in [3.8, 4) is 11.5 Å². The van der Waals surface area contributed by atoms with Crippen LogP contribution in [0.1, 0.15) is 18.9 Å². The van der Waals surface area contributed by atoms with Gasteiger partial charge in [-0.2, -0.15) is 5.10 Å². The number of nitrogens with zero attached hydrogens (tertiary/aromatic N) is 2. The highest BCUT2D eigenvalue weighted by molar-refractivity contribution is 6.03. The molecule has 0 aliphatic carbocycles. The van der Waals surface area contributed by atoms with Crippen LogP contribution in [-0.2, 0) is 9.59 Å². The molecule has 0 atom stereocenters. The van der Waals surface area contributed by atoms with E-state index >= 15 is 0 Å². The molecule has 3 rings (SSSR count). The fraction of sp³-hybridized carbons (Fsp3) is 0.211. The second kappa shape index (κ2) is 7.69. The molecule has 2 aromatic carbocycles. The number of aromatic hydroxyl groups is 1. The highest BCUT2D eigenvalue weighted by Crippen LogP contribution is 2.31. The van der Waals surface area contributed by atoms with Crippen LogP contribution in [-0.4, -0.2) is 35.8 Å². The molecule has 134 valence electrons. The SMILES string of the molecule is CC/C(=N\NC(=O)CN1C(=O)COc2ccccc21)c1ccc(O)cc1. The topological polar surface area (TPSA) is 91.2 Å². The largest absolute Gasteiger partial charge is 0.508 e. The Balaban J connectivity index is 1.70. The summed E-state index contributed by atoms with van der Waals surface area (Å²) in [6, 6.07) is 13.7. The smallest absolute Gasteiger partial charge is 0.265 e. The van der Waals surface area contributed by atoms with E-state index in [9.17, 15) is 14.7 Å². The molecule has 0 radical (unpaired) electrons. The quantitative estimate of drug-likeness (QED) is 0.636. The van der Waals surface area contributed by atoms with Gasteiger partial charge in [0.1, 0.15) is 18.0 Å². The second-order valence-corrected chi connectivity index (χ2v) is 5.73. The molecule has 0 saturated heterocycles. The number of ether oxygens (including phenoxy) is 1. The fourth-order valence-corrected chi connectivity index (χ4v) is 2.64. The van der Waals surface area contributed by atoms with Gasteiger partial charge in [-0.05, 0) is 48.4 Å². The predicted molar refractivity (Wildman–Crippen MR) is 97.4 cm³/mol. The molecule has 2 aromatic rings. The van der Waals surface area contributed by atoms with Crippen LogP contribution < -0.4 is 15.1 Å². The zero-order chi connectivity index (χ0) is 18.5. The van der Waals surface area contributed by atoms with E-state index in [1.54, 1.807) is 42.5 Å². The summed E-state index contributed by atoms with van der Waals surface area (Å²) >= 11 is 0. The Morgan fingerprint density at radius 3 is 2.69 bits per heavy atom. The molecule has 0 unspecified atom stereocenters. The third kappa shape index (κ3) is 3.83. The van der Waals surface area contributed by atoms with Gasteiger partial charge in [0.2, 0.25) is 0 Å². The molecule has 7 heteroatoms. The molecule has 7 nitrogen and oxygen atoms in total. The summed E-state index contributed by atoms with van der Waals surface area (Å²) in [6.45, 7) is 1.68. The molecular weight excluding hydrogens is 334 g/mol. The number of fused-ring (bicyclic) bond motifs is 1.